The summed E-state index contributed by atoms with van der Waals surface area (Å²) in [5.41, 5.74) is 0.229. The third-order valence-electron chi connectivity index (χ3n) is 4.38. The molecule has 2 aliphatic rings. The zero-order chi connectivity index (χ0) is 12.0. The molecular formula is C14H18O3. The Kier molecular flexibility index (Phi) is 2.33. The van der Waals surface area contributed by atoms with Crippen LogP contribution in [0.15, 0.2) is 18.2 Å². The van der Waals surface area contributed by atoms with Crippen molar-refractivity contribution in [2.75, 3.05) is 14.2 Å². The van der Waals surface area contributed by atoms with Crippen LogP contribution in [-0.2, 0) is 5.60 Å². The Morgan fingerprint density at radius 2 is 1.88 bits per heavy atom. The number of rotatable bonds is 3. The first-order valence-corrected chi connectivity index (χ1v) is 6.16. The summed E-state index contributed by atoms with van der Waals surface area (Å²) < 4.78 is 10.6. The van der Waals surface area contributed by atoms with E-state index < -0.39 is 5.60 Å². The maximum absolute atomic E-state index is 10.8. The fraction of sp³-hybridized carbons (Fsp3) is 0.571. The number of benzene rings is 1. The van der Waals surface area contributed by atoms with E-state index >= 15 is 0 Å². The van der Waals surface area contributed by atoms with Gasteiger partial charge in [-0.25, -0.2) is 0 Å². The van der Waals surface area contributed by atoms with Gasteiger partial charge in [0.05, 0.1) is 19.8 Å². The normalized spacial score (nSPS) is 34.3. The van der Waals surface area contributed by atoms with Crippen LogP contribution in [0.1, 0.15) is 24.8 Å². The first-order valence-electron chi connectivity index (χ1n) is 6.16. The highest BCUT2D eigenvalue weighted by atomic mass is 16.5. The average molecular weight is 234 g/mol. The third kappa shape index (κ3) is 1.38. The molecule has 0 amide bonds. The lowest BCUT2D eigenvalue weighted by Crippen LogP contribution is -2.14. The monoisotopic (exact) mass is 234 g/mol. The quantitative estimate of drug-likeness (QED) is 0.872. The molecule has 2 unspecified atom stereocenters. The van der Waals surface area contributed by atoms with Crippen LogP contribution in [0.2, 0.25) is 0 Å². The van der Waals surface area contributed by atoms with E-state index in [0.717, 1.165) is 29.9 Å². The summed E-state index contributed by atoms with van der Waals surface area (Å²) in [6.45, 7) is 0. The zero-order valence-electron chi connectivity index (χ0n) is 10.3. The number of hydrogen-bond acceptors (Lipinski definition) is 3. The van der Waals surface area contributed by atoms with Gasteiger partial charge >= 0.3 is 0 Å². The molecule has 2 atom stereocenters. The molecular weight excluding hydrogens is 216 g/mol. The lowest BCUT2D eigenvalue weighted by atomic mass is 9.98. The fourth-order valence-corrected chi connectivity index (χ4v) is 3.45. The van der Waals surface area contributed by atoms with Gasteiger partial charge in [-0.1, -0.05) is 6.42 Å². The molecule has 1 N–H and O–H groups in total. The van der Waals surface area contributed by atoms with Crippen LogP contribution >= 0.6 is 0 Å². The molecule has 0 aromatic heterocycles. The van der Waals surface area contributed by atoms with Crippen molar-refractivity contribution in [2.45, 2.75) is 24.9 Å². The lowest BCUT2D eigenvalue weighted by Gasteiger charge is -2.18. The van der Waals surface area contributed by atoms with Gasteiger partial charge in [-0.2, -0.15) is 0 Å². The molecule has 1 aromatic carbocycles. The second kappa shape index (κ2) is 3.64. The highest BCUT2D eigenvalue weighted by Gasteiger charge is 2.67. The SMILES string of the molecule is COc1ccc(OC)c(C2(O)C3CCCC32)c1. The molecule has 0 bridgehead atoms. The van der Waals surface area contributed by atoms with E-state index in [4.69, 9.17) is 9.47 Å². The summed E-state index contributed by atoms with van der Waals surface area (Å²) in [7, 11) is 3.29. The molecule has 0 heterocycles. The van der Waals surface area contributed by atoms with Crippen molar-refractivity contribution in [2.24, 2.45) is 11.8 Å². The van der Waals surface area contributed by atoms with Gasteiger partial charge in [-0.3, -0.25) is 0 Å². The van der Waals surface area contributed by atoms with Crippen LogP contribution in [0.25, 0.3) is 0 Å². The number of ether oxygens (including phenoxy) is 2. The largest absolute Gasteiger partial charge is 0.497 e. The van der Waals surface area contributed by atoms with E-state index in [-0.39, 0.29) is 0 Å². The van der Waals surface area contributed by atoms with Gasteiger partial charge in [0.15, 0.2) is 0 Å². The minimum absolute atomic E-state index is 0.420. The van der Waals surface area contributed by atoms with Crippen molar-refractivity contribution < 1.29 is 14.6 Å². The number of methoxy groups -OCH3 is 2. The first kappa shape index (κ1) is 10.9. The van der Waals surface area contributed by atoms with Crippen molar-refractivity contribution >= 4 is 0 Å². The summed E-state index contributed by atoms with van der Waals surface area (Å²) in [5, 5.41) is 10.8. The topological polar surface area (TPSA) is 38.7 Å². The van der Waals surface area contributed by atoms with Crippen LogP contribution in [0.4, 0.5) is 0 Å². The Morgan fingerprint density at radius 1 is 1.18 bits per heavy atom. The molecule has 3 rings (SSSR count). The van der Waals surface area contributed by atoms with Gasteiger partial charge in [-0.15, -0.1) is 0 Å². The van der Waals surface area contributed by atoms with Gasteiger partial charge < -0.3 is 14.6 Å². The molecule has 0 radical (unpaired) electrons. The van der Waals surface area contributed by atoms with Crippen LogP contribution < -0.4 is 9.47 Å². The second-order valence-corrected chi connectivity index (χ2v) is 5.04. The van der Waals surface area contributed by atoms with Gasteiger partial charge in [0.2, 0.25) is 0 Å². The van der Waals surface area contributed by atoms with E-state index in [1.165, 1.54) is 6.42 Å². The Hall–Kier alpha value is -1.22. The predicted octanol–water partition coefficient (Wildman–Crippen LogP) is 2.32. The molecule has 2 aliphatic carbocycles. The summed E-state index contributed by atoms with van der Waals surface area (Å²) >= 11 is 0. The van der Waals surface area contributed by atoms with Crippen molar-refractivity contribution in [1.29, 1.82) is 0 Å². The second-order valence-electron chi connectivity index (χ2n) is 5.04. The smallest absolute Gasteiger partial charge is 0.125 e. The van der Waals surface area contributed by atoms with Gasteiger partial charge in [0.1, 0.15) is 11.5 Å². The van der Waals surface area contributed by atoms with E-state index in [0.29, 0.717) is 11.8 Å². The highest BCUT2D eigenvalue weighted by molar-refractivity contribution is 5.48. The van der Waals surface area contributed by atoms with Crippen molar-refractivity contribution in [3.05, 3.63) is 23.8 Å². The predicted molar refractivity (Wildman–Crippen MR) is 64.3 cm³/mol. The van der Waals surface area contributed by atoms with Gasteiger partial charge in [0, 0.05) is 5.56 Å². The summed E-state index contributed by atoms with van der Waals surface area (Å²) in [4.78, 5) is 0. The molecule has 0 spiro atoms. The third-order valence-corrected chi connectivity index (χ3v) is 4.38. The van der Waals surface area contributed by atoms with Crippen molar-refractivity contribution in [3.8, 4) is 11.5 Å². The van der Waals surface area contributed by atoms with Gasteiger partial charge in [-0.05, 0) is 42.9 Å². The molecule has 17 heavy (non-hydrogen) atoms. The van der Waals surface area contributed by atoms with Crippen LogP contribution in [0, 0.1) is 11.8 Å². The molecule has 2 saturated carbocycles. The summed E-state index contributed by atoms with van der Waals surface area (Å²) in [6, 6.07) is 5.65. The Balaban J connectivity index is 2.02. The van der Waals surface area contributed by atoms with Crippen LogP contribution in [0.5, 0.6) is 11.5 Å². The first-order chi connectivity index (χ1) is 8.21. The maximum atomic E-state index is 10.8. The van der Waals surface area contributed by atoms with Crippen molar-refractivity contribution in [3.63, 3.8) is 0 Å². The molecule has 3 heteroatoms. The van der Waals surface area contributed by atoms with E-state index in [2.05, 4.69) is 0 Å². The summed E-state index contributed by atoms with van der Waals surface area (Å²) in [6.07, 6.45) is 3.49. The standard InChI is InChI=1S/C14H18O3/c1-16-9-6-7-13(17-2)12(8-9)14(15)10-4-3-5-11(10)14/h6-8,10-11,15H,3-5H2,1-2H3. The Morgan fingerprint density at radius 3 is 2.47 bits per heavy atom. The minimum atomic E-state index is -0.669. The Bertz CT molecular complexity index is 431. The van der Waals surface area contributed by atoms with E-state index in [9.17, 15) is 5.11 Å². The van der Waals surface area contributed by atoms with Crippen LogP contribution in [0.3, 0.4) is 0 Å². The molecule has 3 nitrogen and oxygen atoms in total. The Labute approximate surface area is 101 Å². The van der Waals surface area contributed by atoms with Crippen molar-refractivity contribution in [1.82, 2.24) is 0 Å². The molecule has 2 fully saturated rings. The van der Waals surface area contributed by atoms with E-state index in [1.54, 1.807) is 14.2 Å². The lowest BCUT2D eigenvalue weighted by molar-refractivity contribution is 0.102. The van der Waals surface area contributed by atoms with Crippen LogP contribution in [-0.4, -0.2) is 19.3 Å². The number of fused-ring (bicyclic) bond motifs is 1. The molecule has 1 aromatic rings. The fourth-order valence-electron chi connectivity index (χ4n) is 3.45. The zero-order valence-corrected chi connectivity index (χ0v) is 10.3. The summed E-state index contributed by atoms with van der Waals surface area (Å²) in [5.74, 6) is 2.38. The molecule has 0 aliphatic heterocycles. The number of hydrogen-bond donors (Lipinski definition) is 1. The minimum Gasteiger partial charge on any atom is -0.497 e. The van der Waals surface area contributed by atoms with E-state index in [1.807, 2.05) is 18.2 Å². The number of aliphatic hydroxyl groups is 1. The molecule has 0 saturated heterocycles. The highest BCUT2D eigenvalue weighted by Crippen LogP contribution is 2.67. The average Bonchev–Trinajstić information content (AvgIpc) is 2.78. The molecule has 92 valence electrons. The van der Waals surface area contributed by atoms with Gasteiger partial charge in [0.25, 0.3) is 0 Å². The maximum Gasteiger partial charge on any atom is 0.125 e.